The fourth-order valence-electron chi connectivity index (χ4n) is 0.306. The van der Waals surface area contributed by atoms with Crippen molar-refractivity contribution in [3.05, 3.63) is 0 Å². The van der Waals surface area contributed by atoms with Crippen molar-refractivity contribution in [2.24, 2.45) is 0 Å². The van der Waals surface area contributed by atoms with Crippen molar-refractivity contribution < 1.29 is 26.9 Å². The molecule has 0 rings (SSSR count). The SMILES string of the molecule is COCC[NH+](C)C.F[B-](F)(F)F. The molecule has 2 nitrogen and oxygen atoms in total. The number of hydrogen-bond acceptors (Lipinski definition) is 1. The smallest absolute Gasteiger partial charge is 0.418 e. The molecule has 1 N–H and O–H groups in total. The lowest BCUT2D eigenvalue weighted by Crippen LogP contribution is -3.06. The Morgan fingerprint density at radius 1 is 1.17 bits per heavy atom. The van der Waals surface area contributed by atoms with Crippen molar-refractivity contribution in [3.8, 4) is 0 Å². The molecule has 0 saturated carbocycles. The summed E-state index contributed by atoms with van der Waals surface area (Å²) in [7, 11) is -0.0546. The maximum Gasteiger partial charge on any atom is 0.673 e. The van der Waals surface area contributed by atoms with Gasteiger partial charge in [-0.2, -0.15) is 0 Å². The summed E-state index contributed by atoms with van der Waals surface area (Å²) in [6.45, 7) is 1.96. The normalized spacial score (nSPS) is 11.0. The fraction of sp³-hybridized carbons (Fsp3) is 1.00. The zero-order valence-corrected chi connectivity index (χ0v) is 7.41. The molecule has 12 heavy (non-hydrogen) atoms. The lowest BCUT2D eigenvalue weighted by Gasteiger charge is -2.03. The van der Waals surface area contributed by atoms with Gasteiger partial charge in [-0.15, -0.1) is 0 Å². The second kappa shape index (κ2) is 7.36. The number of ether oxygens (including phenoxy) is 1. The van der Waals surface area contributed by atoms with E-state index in [1.54, 1.807) is 7.11 Å². The van der Waals surface area contributed by atoms with E-state index in [9.17, 15) is 17.3 Å². The van der Waals surface area contributed by atoms with Crippen molar-refractivity contribution in [1.29, 1.82) is 0 Å². The minimum absolute atomic E-state index is 0.863. The summed E-state index contributed by atoms with van der Waals surface area (Å²) in [6.07, 6.45) is 0. The quantitative estimate of drug-likeness (QED) is 0.492. The molecule has 0 aromatic carbocycles. The molecule has 0 aliphatic rings. The lowest BCUT2D eigenvalue weighted by atomic mass is 10.3. The van der Waals surface area contributed by atoms with E-state index < -0.39 is 7.25 Å². The summed E-state index contributed by atoms with van der Waals surface area (Å²) < 4.78 is 43.8. The molecule has 0 aromatic rings. The van der Waals surface area contributed by atoms with Gasteiger partial charge < -0.3 is 26.9 Å². The molecule has 76 valence electrons. The minimum Gasteiger partial charge on any atom is -0.418 e. The average molecular weight is 191 g/mol. The number of nitrogens with one attached hydrogen (secondary N) is 1. The number of halogens is 4. The first-order valence-corrected chi connectivity index (χ1v) is 3.42. The molecular formula is C5H14BF4NO. The zero-order valence-electron chi connectivity index (χ0n) is 7.41. The molecule has 0 aromatic heterocycles. The van der Waals surface area contributed by atoms with Gasteiger partial charge in [0.15, 0.2) is 0 Å². The van der Waals surface area contributed by atoms with Gasteiger partial charge in [-0.05, 0) is 0 Å². The Labute approximate surface area is 69.6 Å². The highest BCUT2D eigenvalue weighted by Gasteiger charge is 2.20. The van der Waals surface area contributed by atoms with Crippen LogP contribution in [0.25, 0.3) is 0 Å². The molecule has 0 amide bonds. The molecule has 0 spiro atoms. The number of likely N-dealkylation sites (N-methyl/N-ethyl adjacent to an activating group) is 1. The highest BCUT2D eigenvalue weighted by molar-refractivity contribution is 6.50. The standard InChI is InChI=1S/C5H13NO.BF4/c1-6(2)4-5-7-3;2-1(3,4)5/h4-5H2,1-3H3;/q;-1/p+1. The van der Waals surface area contributed by atoms with E-state index >= 15 is 0 Å². The predicted octanol–water partition coefficient (Wildman–Crippen LogP) is 0.0773. The van der Waals surface area contributed by atoms with Gasteiger partial charge in [-0.25, -0.2) is 0 Å². The van der Waals surface area contributed by atoms with Crippen LogP contribution in [-0.2, 0) is 4.74 Å². The summed E-state index contributed by atoms with van der Waals surface area (Å²) in [4.78, 5) is 1.43. The van der Waals surface area contributed by atoms with Crippen LogP contribution in [0.3, 0.4) is 0 Å². The fourth-order valence-corrected chi connectivity index (χ4v) is 0.306. The molecule has 7 heteroatoms. The third-order valence-electron chi connectivity index (χ3n) is 0.806. The molecule has 0 aliphatic carbocycles. The number of methoxy groups -OCH3 is 1. The highest BCUT2D eigenvalue weighted by atomic mass is 19.5. The van der Waals surface area contributed by atoms with Crippen molar-refractivity contribution in [1.82, 2.24) is 0 Å². The molecule has 0 saturated heterocycles. The summed E-state index contributed by atoms with van der Waals surface area (Å²) in [5.41, 5.74) is 0. The van der Waals surface area contributed by atoms with Crippen LogP contribution >= 0.6 is 0 Å². The zero-order chi connectivity index (χ0) is 10.2. The van der Waals surface area contributed by atoms with E-state index in [1.807, 2.05) is 0 Å². The van der Waals surface area contributed by atoms with Crippen LogP contribution in [0.5, 0.6) is 0 Å². The second-order valence-corrected chi connectivity index (χ2v) is 2.44. The Kier molecular flexibility index (Phi) is 8.73. The first-order valence-electron chi connectivity index (χ1n) is 3.42. The van der Waals surface area contributed by atoms with Crippen molar-refractivity contribution in [2.45, 2.75) is 0 Å². The Morgan fingerprint density at radius 3 is 1.58 bits per heavy atom. The predicted molar refractivity (Wildman–Crippen MR) is 39.7 cm³/mol. The van der Waals surface area contributed by atoms with E-state index in [0.717, 1.165) is 13.2 Å². The summed E-state index contributed by atoms with van der Waals surface area (Å²) in [6, 6.07) is 0. The molecule has 0 aliphatic heterocycles. The van der Waals surface area contributed by atoms with E-state index in [2.05, 4.69) is 14.1 Å². The Hall–Kier alpha value is -0.295. The number of quaternary nitrogens is 1. The lowest BCUT2D eigenvalue weighted by molar-refractivity contribution is -0.858. The monoisotopic (exact) mass is 191 g/mol. The van der Waals surface area contributed by atoms with E-state index in [1.165, 1.54) is 4.90 Å². The Balaban J connectivity index is 0. The van der Waals surface area contributed by atoms with E-state index in [-0.39, 0.29) is 0 Å². The highest BCUT2D eigenvalue weighted by Crippen LogP contribution is 2.06. The Morgan fingerprint density at radius 2 is 1.50 bits per heavy atom. The first-order chi connectivity index (χ1) is 5.27. The van der Waals surface area contributed by atoms with Gasteiger partial charge in [0.25, 0.3) is 0 Å². The molecule has 0 fully saturated rings. The van der Waals surface area contributed by atoms with Gasteiger partial charge in [0.2, 0.25) is 0 Å². The Bertz CT molecular complexity index is 91.9. The van der Waals surface area contributed by atoms with Crippen LogP contribution in [0.15, 0.2) is 0 Å². The second-order valence-electron chi connectivity index (χ2n) is 2.44. The van der Waals surface area contributed by atoms with Gasteiger partial charge in [0, 0.05) is 7.11 Å². The third kappa shape index (κ3) is 53.6. The number of rotatable bonds is 3. The van der Waals surface area contributed by atoms with Crippen molar-refractivity contribution >= 4 is 7.25 Å². The van der Waals surface area contributed by atoms with Crippen LogP contribution in [0.4, 0.5) is 17.3 Å². The molecular weight excluding hydrogens is 177 g/mol. The van der Waals surface area contributed by atoms with Gasteiger partial charge in [-0.1, -0.05) is 0 Å². The van der Waals surface area contributed by atoms with Gasteiger partial charge in [0.1, 0.15) is 6.54 Å². The average Bonchev–Trinajstić information content (AvgIpc) is 1.79. The molecule has 0 bridgehead atoms. The van der Waals surface area contributed by atoms with Gasteiger partial charge in [-0.3, -0.25) is 0 Å². The summed E-state index contributed by atoms with van der Waals surface area (Å²) in [5, 5.41) is 0. The maximum absolute atomic E-state index is 9.75. The molecule has 0 atom stereocenters. The summed E-state index contributed by atoms with van der Waals surface area (Å²) >= 11 is 0. The van der Waals surface area contributed by atoms with Crippen LogP contribution in [0, 0.1) is 0 Å². The van der Waals surface area contributed by atoms with E-state index in [4.69, 9.17) is 4.74 Å². The van der Waals surface area contributed by atoms with E-state index in [0.29, 0.717) is 0 Å². The van der Waals surface area contributed by atoms with Gasteiger partial charge >= 0.3 is 7.25 Å². The molecule has 0 unspecified atom stereocenters. The van der Waals surface area contributed by atoms with Crippen LogP contribution < -0.4 is 4.90 Å². The van der Waals surface area contributed by atoms with Crippen molar-refractivity contribution in [3.63, 3.8) is 0 Å². The minimum atomic E-state index is -6.00. The van der Waals surface area contributed by atoms with Gasteiger partial charge in [0.05, 0.1) is 20.7 Å². The van der Waals surface area contributed by atoms with Crippen LogP contribution in [0.1, 0.15) is 0 Å². The third-order valence-corrected chi connectivity index (χ3v) is 0.806. The molecule has 0 radical (unpaired) electrons. The first kappa shape index (κ1) is 14.2. The van der Waals surface area contributed by atoms with Crippen LogP contribution in [-0.4, -0.2) is 41.6 Å². The topological polar surface area (TPSA) is 13.7 Å². The summed E-state index contributed by atoms with van der Waals surface area (Å²) in [5.74, 6) is 0. The number of hydrogen-bond donors (Lipinski definition) is 1. The van der Waals surface area contributed by atoms with Crippen LogP contribution in [0.2, 0.25) is 0 Å². The largest absolute Gasteiger partial charge is 0.673 e. The molecule has 0 heterocycles. The maximum atomic E-state index is 9.75. The van der Waals surface area contributed by atoms with Crippen molar-refractivity contribution in [2.75, 3.05) is 34.4 Å².